The number of anilines is 1. The predicted molar refractivity (Wildman–Crippen MR) is 91.0 cm³/mol. The number of terminal acetylenes is 1. The topological polar surface area (TPSA) is 61.9 Å². The highest BCUT2D eigenvalue weighted by molar-refractivity contribution is 5.87. The van der Waals surface area contributed by atoms with Crippen LogP contribution in [0.25, 0.3) is 11.0 Å². The summed E-state index contributed by atoms with van der Waals surface area (Å²) in [6, 6.07) is 2.28. The molecule has 1 N–H and O–H groups in total. The number of rotatable bonds is 4. The van der Waals surface area contributed by atoms with Crippen LogP contribution in [-0.4, -0.2) is 33.8 Å². The van der Waals surface area contributed by atoms with Crippen molar-refractivity contribution in [1.82, 2.24) is 15.0 Å². The Morgan fingerprint density at radius 3 is 3.09 bits per heavy atom. The molecule has 1 aliphatic carbocycles. The summed E-state index contributed by atoms with van der Waals surface area (Å²) in [5.74, 6) is 4.18. The number of hydrogen-bond donors (Lipinski definition) is 1. The number of aromatic amines is 1. The van der Waals surface area contributed by atoms with Gasteiger partial charge in [0.05, 0.1) is 11.8 Å². The van der Waals surface area contributed by atoms with Crippen molar-refractivity contribution in [3.8, 4) is 12.3 Å². The standard InChI is InChI=1S/C18H22N4O/c1-4-5-16(23)13-7-6-12(2)15(10-13)22(3)18-14-8-9-19-17(14)20-11-21-18/h1,8-9,11-13,15H,5-7,10H2,2-3H3,(H,19,20,21). The summed E-state index contributed by atoms with van der Waals surface area (Å²) in [6.45, 7) is 2.25. The number of fused-ring (bicyclic) bond motifs is 1. The zero-order valence-corrected chi connectivity index (χ0v) is 13.6. The van der Waals surface area contributed by atoms with Crippen molar-refractivity contribution in [1.29, 1.82) is 0 Å². The normalized spacial score (nSPS) is 24.3. The fraction of sp³-hybridized carbons (Fsp3) is 0.500. The smallest absolute Gasteiger partial charge is 0.147 e. The Kier molecular flexibility index (Phi) is 4.33. The summed E-state index contributed by atoms with van der Waals surface area (Å²) in [6.07, 6.45) is 11.8. The summed E-state index contributed by atoms with van der Waals surface area (Å²) >= 11 is 0. The predicted octanol–water partition coefficient (Wildman–Crippen LogP) is 2.79. The second-order valence-corrected chi connectivity index (χ2v) is 6.45. The Hall–Kier alpha value is -2.35. The van der Waals surface area contributed by atoms with Crippen LogP contribution in [0, 0.1) is 24.2 Å². The van der Waals surface area contributed by atoms with Crippen LogP contribution in [-0.2, 0) is 4.79 Å². The van der Waals surface area contributed by atoms with Crippen LogP contribution in [0.2, 0.25) is 0 Å². The van der Waals surface area contributed by atoms with Crippen LogP contribution in [0.5, 0.6) is 0 Å². The van der Waals surface area contributed by atoms with E-state index in [0.717, 1.165) is 36.1 Å². The highest BCUT2D eigenvalue weighted by atomic mass is 16.1. The molecule has 0 aliphatic heterocycles. The van der Waals surface area contributed by atoms with Crippen LogP contribution in [0.3, 0.4) is 0 Å². The first-order valence-electron chi connectivity index (χ1n) is 8.09. The van der Waals surface area contributed by atoms with Gasteiger partial charge in [0.15, 0.2) is 0 Å². The molecule has 0 radical (unpaired) electrons. The number of carbonyl (C=O) groups excluding carboxylic acids is 1. The van der Waals surface area contributed by atoms with E-state index in [0.29, 0.717) is 5.92 Å². The number of hydrogen-bond acceptors (Lipinski definition) is 4. The van der Waals surface area contributed by atoms with E-state index in [1.807, 2.05) is 12.3 Å². The van der Waals surface area contributed by atoms with Gasteiger partial charge in [0.25, 0.3) is 0 Å². The zero-order chi connectivity index (χ0) is 16.4. The third kappa shape index (κ3) is 2.94. The van der Waals surface area contributed by atoms with Crippen molar-refractivity contribution in [2.75, 3.05) is 11.9 Å². The molecule has 2 aromatic rings. The Morgan fingerprint density at radius 2 is 2.30 bits per heavy atom. The lowest BCUT2D eigenvalue weighted by atomic mass is 9.76. The highest BCUT2D eigenvalue weighted by Crippen LogP contribution is 2.35. The second-order valence-electron chi connectivity index (χ2n) is 6.45. The molecule has 0 spiro atoms. The SMILES string of the molecule is C#CCC(=O)C1CCC(C)C(N(C)c2ncnc3[nH]ccc23)C1. The van der Waals surface area contributed by atoms with Crippen LogP contribution in [0.1, 0.15) is 32.6 Å². The minimum atomic E-state index is 0.0678. The molecule has 3 atom stereocenters. The van der Waals surface area contributed by atoms with Gasteiger partial charge in [-0.2, -0.15) is 0 Å². The molecule has 23 heavy (non-hydrogen) atoms. The van der Waals surface area contributed by atoms with Crippen molar-refractivity contribution >= 4 is 22.6 Å². The second kappa shape index (κ2) is 6.41. The molecule has 0 aromatic carbocycles. The summed E-state index contributed by atoms with van der Waals surface area (Å²) in [4.78, 5) is 26.2. The Labute approximate surface area is 136 Å². The summed E-state index contributed by atoms with van der Waals surface area (Å²) in [7, 11) is 2.06. The molecule has 0 saturated heterocycles. The van der Waals surface area contributed by atoms with Crippen molar-refractivity contribution < 1.29 is 4.79 Å². The largest absolute Gasteiger partial charge is 0.356 e. The lowest BCUT2D eigenvalue weighted by Crippen LogP contribution is -2.43. The van der Waals surface area contributed by atoms with Crippen LogP contribution < -0.4 is 4.90 Å². The van der Waals surface area contributed by atoms with Gasteiger partial charge in [0.1, 0.15) is 23.6 Å². The van der Waals surface area contributed by atoms with Crippen molar-refractivity contribution in [2.45, 2.75) is 38.6 Å². The average Bonchev–Trinajstić information content (AvgIpc) is 3.03. The number of nitrogens with zero attached hydrogens (tertiary/aromatic N) is 3. The fourth-order valence-electron chi connectivity index (χ4n) is 3.67. The maximum Gasteiger partial charge on any atom is 0.147 e. The van der Waals surface area contributed by atoms with Gasteiger partial charge >= 0.3 is 0 Å². The molecular weight excluding hydrogens is 288 g/mol. The summed E-state index contributed by atoms with van der Waals surface area (Å²) < 4.78 is 0. The number of H-pyrrole nitrogens is 1. The third-order valence-electron chi connectivity index (χ3n) is 5.05. The Morgan fingerprint density at radius 1 is 1.48 bits per heavy atom. The molecule has 5 heteroatoms. The van der Waals surface area contributed by atoms with Gasteiger partial charge in [0, 0.05) is 25.2 Å². The first-order valence-corrected chi connectivity index (χ1v) is 8.09. The van der Waals surface area contributed by atoms with E-state index in [9.17, 15) is 4.79 Å². The van der Waals surface area contributed by atoms with E-state index in [-0.39, 0.29) is 24.2 Å². The quantitative estimate of drug-likeness (QED) is 0.882. The van der Waals surface area contributed by atoms with Gasteiger partial charge in [-0.1, -0.05) is 12.8 Å². The van der Waals surface area contributed by atoms with E-state index >= 15 is 0 Å². The van der Waals surface area contributed by atoms with Gasteiger partial charge in [-0.05, 0) is 31.2 Å². The minimum absolute atomic E-state index is 0.0678. The minimum Gasteiger partial charge on any atom is -0.356 e. The van der Waals surface area contributed by atoms with Crippen molar-refractivity contribution in [3.05, 3.63) is 18.6 Å². The molecule has 5 nitrogen and oxygen atoms in total. The first-order chi connectivity index (χ1) is 11.1. The molecule has 3 rings (SSSR count). The van der Waals surface area contributed by atoms with Gasteiger partial charge < -0.3 is 9.88 Å². The van der Waals surface area contributed by atoms with Gasteiger partial charge in [0.2, 0.25) is 0 Å². The summed E-state index contributed by atoms with van der Waals surface area (Å²) in [5.41, 5.74) is 0.838. The lowest BCUT2D eigenvalue weighted by molar-refractivity contribution is -0.123. The molecule has 0 amide bonds. The van der Waals surface area contributed by atoms with Gasteiger partial charge in [-0.25, -0.2) is 9.97 Å². The molecule has 3 unspecified atom stereocenters. The van der Waals surface area contributed by atoms with E-state index in [1.165, 1.54) is 0 Å². The van der Waals surface area contributed by atoms with Crippen LogP contribution >= 0.6 is 0 Å². The number of aromatic nitrogens is 3. The fourth-order valence-corrected chi connectivity index (χ4v) is 3.67. The average molecular weight is 310 g/mol. The van der Waals surface area contributed by atoms with E-state index in [4.69, 9.17) is 6.42 Å². The molecule has 2 heterocycles. The maximum atomic E-state index is 12.2. The highest BCUT2D eigenvalue weighted by Gasteiger charge is 2.34. The molecular formula is C18H22N4O. The molecule has 1 saturated carbocycles. The van der Waals surface area contributed by atoms with Crippen LogP contribution in [0.15, 0.2) is 18.6 Å². The molecule has 2 aromatic heterocycles. The number of carbonyl (C=O) groups is 1. The molecule has 120 valence electrons. The number of Topliss-reactive ketones (excluding diaryl/α,β-unsaturated/α-hetero) is 1. The Bertz CT molecular complexity index is 745. The van der Waals surface area contributed by atoms with Gasteiger partial charge in [-0.15, -0.1) is 6.42 Å². The van der Waals surface area contributed by atoms with Crippen molar-refractivity contribution in [3.63, 3.8) is 0 Å². The number of ketones is 1. The van der Waals surface area contributed by atoms with E-state index in [2.05, 4.69) is 39.7 Å². The lowest BCUT2D eigenvalue weighted by Gasteiger charge is -2.40. The molecule has 1 aliphatic rings. The molecule has 0 bridgehead atoms. The van der Waals surface area contributed by atoms with Crippen LogP contribution in [0.4, 0.5) is 5.82 Å². The van der Waals surface area contributed by atoms with Gasteiger partial charge in [-0.3, -0.25) is 4.79 Å². The number of nitrogens with one attached hydrogen (secondary N) is 1. The monoisotopic (exact) mass is 310 g/mol. The third-order valence-corrected chi connectivity index (χ3v) is 5.05. The maximum absolute atomic E-state index is 12.2. The zero-order valence-electron chi connectivity index (χ0n) is 13.6. The summed E-state index contributed by atoms with van der Waals surface area (Å²) in [5, 5.41) is 1.01. The first kappa shape index (κ1) is 15.5. The van der Waals surface area contributed by atoms with E-state index in [1.54, 1.807) is 6.33 Å². The Balaban J connectivity index is 1.85. The van der Waals surface area contributed by atoms with E-state index < -0.39 is 0 Å². The van der Waals surface area contributed by atoms with Crippen molar-refractivity contribution in [2.24, 2.45) is 11.8 Å². The molecule has 1 fully saturated rings.